The molecule has 2 unspecified atom stereocenters. The predicted octanol–water partition coefficient (Wildman–Crippen LogP) is 13.5. The molecule has 7 aromatic rings. The Morgan fingerprint density at radius 3 is 1.30 bits per heavy atom. The zero-order valence-corrected chi connectivity index (χ0v) is 37.2. The van der Waals surface area contributed by atoms with Crippen LogP contribution in [0.15, 0.2) is 121 Å². The lowest BCUT2D eigenvalue weighted by molar-refractivity contribution is 0.411. The van der Waals surface area contributed by atoms with Gasteiger partial charge in [-0.25, -0.2) is 0 Å². The zero-order valence-electron chi connectivity index (χ0n) is 37.2. The predicted molar refractivity (Wildman–Crippen MR) is 256 cm³/mol. The molecular weight excluding hydrogens is 747 g/mol. The summed E-state index contributed by atoms with van der Waals surface area (Å²) in [7, 11) is 0. The summed E-state index contributed by atoms with van der Waals surface area (Å²) in [6.07, 6.45) is 0.481. The Morgan fingerprint density at radius 1 is 0.492 bits per heavy atom. The van der Waals surface area contributed by atoms with Crippen LogP contribution in [0.5, 0.6) is 0 Å². The molecule has 308 valence electrons. The Balaban J connectivity index is 1.16. The number of hydrogen-bond donors (Lipinski definition) is 1. The van der Waals surface area contributed by atoms with Gasteiger partial charge in [0, 0.05) is 27.8 Å². The molecule has 1 N–H and O–H groups in total. The summed E-state index contributed by atoms with van der Waals surface area (Å²) in [5.74, 6) is 1.20. The highest BCUT2D eigenvalue weighted by Crippen LogP contribution is 2.42. The van der Waals surface area contributed by atoms with Crippen molar-refractivity contribution in [3.8, 4) is 0 Å². The number of aryl methyl sites for hydroxylation is 9. The van der Waals surface area contributed by atoms with E-state index in [2.05, 4.69) is 199 Å². The first-order valence-corrected chi connectivity index (χ1v) is 21.8. The van der Waals surface area contributed by atoms with Crippen molar-refractivity contribution in [3.63, 3.8) is 0 Å². The molecule has 9 rings (SSSR count). The molecule has 0 aromatic heterocycles. The van der Waals surface area contributed by atoms with Crippen LogP contribution in [0.25, 0.3) is 10.8 Å². The molecule has 2 aliphatic heterocycles. The molecule has 0 saturated carbocycles. The molecule has 2 aliphatic rings. The third kappa shape index (κ3) is 8.38. The molecule has 0 bridgehead atoms. The molecule has 0 radical (unpaired) electrons. The molecule has 7 aromatic carbocycles. The van der Waals surface area contributed by atoms with Gasteiger partial charge in [-0.2, -0.15) is 0 Å². The number of ether oxygens (including phenoxy) is 2. The highest BCUT2D eigenvalue weighted by atomic mass is 16.6. The van der Waals surface area contributed by atoms with Crippen LogP contribution in [-0.4, -0.2) is 38.5 Å². The van der Waals surface area contributed by atoms with E-state index < -0.39 is 0 Å². The molecular formula is C56H58N3O2+. The van der Waals surface area contributed by atoms with E-state index in [0.717, 1.165) is 32.0 Å². The van der Waals surface area contributed by atoms with Gasteiger partial charge in [-0.15, -0.1) is 0 Å². The summed E-state index contributed by atoms with van der Waals surface area (Å²) in [5.41, 5.74) is 22.1. The summed E-state index contributed by atoms with van der Waals surface area (Å²) >= 11 is 0. The maximum absolute atomic E-state index is 5.81. The topological polar surface area (TPSA) is 43.6 Å². The van der Waals surface area contributed by atoms with Gasteiger partial charge in [0.05, 0.1) is 78.2 Å². The van der Waals surface area contributed by atoms with E-state index in [1.807, 2.05) is 0 Å². The van der Waals surface area contributed by atoms with Crippen molar-refractivity contribution in [3.05, 3.63) is 194 Å². The van der Waals surface area contributed by atoms with E-state index in [1.165, 1.54) is 112 Å². The fourth-order valence-corrected chi connectivity index (χ4v) is 9.83. The number of epoxide rings is 2. The lowest BCUT2D eigenvalue weighted by Crippen LogP contribution is -2.24. The average Bonchev–Trinajstić information content (AvgIpc) is 4.17. The molecule has 2 heterocycles. The first-order valence-electron chi connectivity index (χ1n) is 21.8. The van der Waals surface area contributed by atoms with E-state index in [-0.39, 0.29) is 12.2 Å². The maximum atomic E-state index is 5.81. The summed E-state index contributed by atoms with van der Waals surface area (Å²) in [6, 6.07) is 45.5. The molecule has 2 atom stereocenters. The summed E-state index contributed by atoms with van der Waals surface area (Å²) in [4.78, 5) is 4.91. The van der Waals surface area contributed by atoms with Crippen molar-refractivity contribution in [1.29, 1.82) is 0 Å². The molecule has 5 nitrogen and oxygen atoms in total. The van der Waals surface area contributed by atoms with Gasteiger partial charge in [0.1, 0.15) is 0 Å². The summed E-state index contributed by atoms with van der Waals surface area (Å²) in [6.45, 7) is 23.1. The quantitative estimate of drug-likeness (QED) is 0.0714. The second-order valence-electron chi connectivity index (χ2n) is 17.7. The number of fused-ring (bicyclic) bond motifs is 1. The first kappa shape index (κ1) is 40.4. The number of benzene rings is 7. The molecule has 61 heavy (non-hydrogen) atoms. The van der Waals surface area contributed by atoms with Crippen molar-refractivity contribution in [2.75, 3.05) is 41.4 Å². The Hall–Kier alpha value is -6.01. The van der Waals surface area contributed by atoms with Crippen molar-refractivity contribution >= 4 is 44.9 Å². The van der Waals surface area contributed by atoms with Gasteiger partial charge >= 0.3 is 0 Å². The zero-order chi connectivity index (χ0) is 42.5. The normalized spacial score (nSPS) is 15.5. The molecule has 2 saturated heterocycles. The Labute approximate surface area is 363 Å². The fourth-order valence-electron chi connectivity index (χ4n) is 9.83. The maximum Gasteiger partial charge on any atom is 0.0988 e. The van der Waals surface area contributed by atoms with Gasteiger partial charge < -0.3 is 24.6 Å². The van der Waals surface area contributed by atoms with Crippen LogP contribution in [0.1, 0.15) is 66.8 Å². The molecule has 0 spiro atoms. The van der Waals surface area contributed by atoms with Gasteiger partial charge in [-0.3, -0.25) is 0 Å². The SMILES string of the molecule is Cc1cc(C)c(Nc2ccc([C+](c3ccc(N(CC4CO4)c4c(C)cc(C)cc4C)cc3)c3ccc(N(CC4CO4)c4c(C)cc(C)cc4C)cc3)c3ccccc23)c(C)c1. The highest BCUT2D eigenvalue weighted by Gasteiger charge is 2.32. The van der Waals surface area contributed by atoms with Crippen LogP contribution < -0.4 is 15.1 Å². The molecule has 0 aliphatic carbocycles. The Kier molecular flexibility index (Phi) is 10.9. The van der Waals surface area contributed by atoms with E-state index in [1.54, 1.807) is 0 Å². The number of nitrogens with zero attached hydrogens (tertiary/aromatic N) is 2. The standard InChI is InChI=1S/C56H58N3O2/c1-34-24-37(4)54(38(5)25-34)57-52-23-22-51(49-12-10-11-13-50(49)52)53(43-14-18-45(19-15-43)58(30-47-32-60-47)55-39(6)26-35(2)27-40(55)7)44-16-20-46(21-17-44)59(31-48-33-61-48)56-41(8)28-36(3)29-42(56)9/h10-29,47-48,57H,30-33H2,1-9H3/q+1. The molecule has 2 fully saturated rings. The van der Waals surface area contributed by atoms with E-state index in [9.17, 15) is 0 Å². The second-order valence-corrected chi connectivity index (χ2v) is 17.7. The van der Waals surface area contributed by atoms with Crippen LogP contribution in [-0.2, 0) is 9.47 Å². The Morgan fingerprint density at radius 2 is 0.885 bits per heavy atom. The third-order valence-electron chi connectivity index (χ3n) is 12.5. The van der Waals surface area contributed by atoms with Crippen molar-refractivity contribution in [1.82, 2.24) is 0 Å². The summed E-state index contributed by atoms with van der Waals surface area (Å²) in [5, 5.41) is 6.24. The number of hydrogen-bond acceptors (Lipinski definition) is 5. The Bertz CT molecular complexity index is 2560. The van der Waals surface area contributed by atoms with Crippen molar-refractivity contribution in [2.24, 2.45) is 0 Å². The van der Waals surface area contributed by atoms with Crippen LogP contribution >= 0.6 is 0 Å². The van der Waals surface area contributed by atoms with Gasteiger partial charge in [-0.05, 0) is 168 Å². The largest absolute Gasteiger partial charge is 0.371 e. The second kappa shape index (κ2) is 16.5. The average molecular weight is 805 g/mol. The van der Waals surface area contributed by atoms with Gasteiger partial charge in [0.15, 0.2) is 0 Å². The van der Waals surface area contributed by atoms with E-state index in [0.29, 0.717) is 0 Å². The van der Waals surface area contributed by atoms with Crippen molar-refractivity contribution < 1.29 is 9.47 Å². The van der Waals surface area contributed by atoms with Crippen LogP contribution in [0.4, 0.5) is 34.1 Å². The van der Waals surface area contributed by atoms with E-state index >= 15 is 0 Å². The number of nitrogens with one attached hydrogen (secondary N) is 1. The highest BCUT2D eigenvalue weighted by molar-refractivity contribution is 6.00. The lowest BCUT2D eigenvalue weighted by atomic mass is 9.82. The molecule has 0 amide bonds. The van der Waals surface area contributed by atoms with Crippen molar-refractivity contribution in [2.45, 2.75) is 74.5 Å². The first-order chi connectivity index (χ1) is 29.4. The third-order valence-corrected chi connectivity index (χ3v) is 12.5. The minimum atomic E-state index is 0.241. The number of anilines is 6. The monoisotopic (exact) mass is 804 g/mol. The van der Waals surface area contributed by atoms with Crippen LogP contribution in [0.3, 0.4) is 0 Å². The van der Waals surface area contributed by atoms with Gasteiger partial charge in [0.25, 0.3) is 0 Å². The molecule has 5 heteroatoms. The smallest absolute Gasteiger partial charge is 0.0988 e. The van der Waals surface area contributed by atoms with Crippen LogP contribution in [0, 0.1) is 68.2 Å². The minimum Gasteiger partial charge on any atom is -0.371 e. The van der Waals surface area contributed by atoms with Crippen LogP contribution in [0.2, 0.25) is 0 Å². The minimum absolute atomic E-state index is 0.241. The number of rotatable bonds is 13. The van der Waals surface area contributed by atoms with Gasteiger partial charge in [0.2, 0.25) is 0 Å². The van der Waals surface area contributed by atoms with E-state index in [4.69, 9.17) is 9.47 Å². The summed E-state index contributed by atoms with van der Waals surface area (Å²) < 4.78 is 11.6. The van der Waals surface area contributed by atoms with Gasteiger partial charge in [-0.1, -0.05) is 65.2 Å². The lowest BCUT2D eigenvalue weighted by Gasteiger charge is -2.29. The fraction of sp³-hybridized carbons (Fsp3) is 0.268.